The van der Waals surface area contributed by atoms with Crippen molar-refractivity contribution in [2.75, 3.05) is 27.4 Å². The predicted molar refractivity (Wildman–Crippen MR) is 93.8 cm³/mol. The summed E-state index contributed by atoms with van der Waals surface area (Å²) in [6.07, 6.45) is -2.65. The first-order valence-electron chi connectivity index (χ1n) is 8.50. The van der Waals surface area contributed by atoms with Crippen LogP contribution in [0.2, 0.25) is 0 Å². The van der Waals surface area contributed by atoms with Gasteiger partial charge in [0.1, 0.15) is 5.56 Å². The first kappa shape index (κ1) is 19.8. The van der Waals surface area contributed by atoms with Gasteiger partial charge in [-0.25, -0.2) is 4.98 Å². The molecule has 0 aliphatic carbocycles. The Bertz CT molecular complexity index is 871. The number of pyridine rings is 1. The fraction of sp³-hybridized carbons (Fsp3) is 0.368. The van der Waals surface area contributed by atoms with Crippen LogP contribution < -0.4 is 14.2 Å². The molecular formula is C19H19F3N2O4. The molecule has 28 heavy (non-hydrogen) atoms. The molecule has 0 bridgehead atoms. The Morgan fingerprint density at radius 1 is 1.18 bits per heavy atom. The Labute approximate surface area is 159 Å². The van der Waals surface area contributed by atoms with Gasteiger partial charge in [0.25, 0.3) is 5.91 Å². The van der Waals surface area contributed by atoms with E-state index in [1.165, 1.54) is 25.4 Å². The monoisotopic (exact) mass is 396 g/mol. The minimum absolute atomic E-state index is 0.00400. The van der Waals surface area contributed by atoms with Crippen molar-refractivity contribution in [3.05, 3.63) is 47.2 Å². The molecule has 150 valence electrons. The van der Waals surface area contributed by atoms with Crippen LogP contribution in [0.15, 0.2) is 30.5 Å². The molecule has 9 heteroatoms. The first-order chi connectivity index (χ1) is 13.3. The zero-order valence-electron chi connectivity index (χ0n) is 15.4. The quantitative estimate of drug-likeness (QED) is 0.777. The van der Waals surface area contributed by atoms with Gasteiger partial charge in [-0.1, -0.05) is 0 Å². The molecule has 0 saturated carbocycles. The Morgan fingerprint density at radius 2 is 1.86 bits per heavy atom. The summed E-state index contributed by atoms with van der Waals surface area (Å²) in [4.78, 5) is 18.2. The summed E-state index contributed by atoms with van der Waals surface area (Å²) in [6, 6.07) is 6.57. The third-order valence-electron chi connectivity index (χ3n) is 4.38. The summed E-state index contributed by atoms with van der Waals surface area (Å²) < 4.78 is 52.7. The maximum Gasteiger partial charge on any atom is 0.422 e. The van der Waals surface area contributed by atoms with Crippen LogP contribution in [0.3, 0.4) is 0 Å². The van der Waals surface area contributed by atoms with Gasteiger partial charge in [-0.05, 0) is 41.8 Å². The Morgan fingerprint density at radius 3 is 2.50 bits per heavy atom. The van der Waals surface area contributed by atoms with Crippen LogP contribution in [0, 0.1) is 0 Å². The van der Waals surface area contributed by atoms with Crippen LogP contribution in [-0.4, -0.2) is 49.3 Å². The number of hydrogen-bond donors (Lipinski definition) is 0. The number of nitrogens with zero attached hydrogens (tertiary/aromatic N) is 2. The van der Waals surface area contributed by atoms with E-state index in [0.717, 1.165) is 11.1 Å². The van der Waals surface area contributed by atoms with Crippen LogP contribution in [-0.2, 0) is 13.0 Å². The molecule has 0 unspecified atom stereocenters. The number of amides is 1. The van der Waals surface area contributed by atoms with Gasteiger partial charge >= 0.3 is 6.18 Å². The van der Waals surface area contributed by atoms with Crippen molar-refractivity contribution in [1.82, 2.24) is 9.88 Å². The Kier molecular flexibility index (Phi) is 5.62. The maximum atomic E-state index is 12.9. The van der Waals surface area contributed by atoms with Gasteiger partial charge in [0.15, 0.2) is 18.1 Å². The van der Waals surface area contributed by atoms with Crippen molar-refractivity contribution in [3.8, 4) is 17.4 Å². The van der Waals surface area contributed by atoms with E-state index < -0.39 is 18.7 Å². The molecule has 1 aromatic heterocycles. The highest BCUT2D eigenvalue weighted by Gasteiger charge is 2.31. The molecule has 0 spiro atoms. The second-order valence-corrected chi connectivity index (χ2v) is 6.21. The van der Waals surface area contributed by atoms with E-state index in [2.05, 4.69) is 4.98 Å². The van der Waals surface area contributed by atoms with Crippen LogP contribution in [0.5, 0.6) is 17.4 Å². The van der Waals surface area contributed by atoms with Crippen molar-refractivity contribution in [1.29, 1.82) is 0 Å². The third kappa shape index (κ3) is 4.29. The van der Waals surface area contributed by atoms with E-state index in [4.69, 9.17) is 14.2 Å². The molecular weight excluding hydrogens is 377 g/mol. The fourth-order valence-electron chi connectivity index (χ4n) is 3.05. The van der Waals surface area contributed by atoms with E-state index in [1.54, 1.807) is 18.1 Å². The van der Waals surface area contributed by atoms with E-state index in [9.17, 15) is 18.0 Å². The normalized spacial score (nSPS) is 13.7. The van der Waals surface area contributed by atoms with Crippen molar-refractivity contribution < 1.29 is 32.2 Å². The smallest absolute Gasteiger partial charge is 0.422 e. The number of rotatable bonds is 5. The highest BCUT2D eigenvalue weighted by atomic mass is 19.4. The molecule has 3 rings (SSSR count). The van der Waals surface area contributed by atoms with Crippen molar-refractivity contribution in [2.45, 2.75) is 19.1 Å². The van der Waals surface area contributed by atoms with Gasteiger partial charge in [0.2, 0.25) is 5.88 Å². The van der Waals surface area contributed by atoms with Crippen LogP contribution in [0.1, 0.15) is 21.5 Å². The number of carbonyl (C=O) groups excluding carboxylic acids is 1. The maximum absolute atomic E-state index is 12.9. The molecule has 1 aromatic carbocycles. The van der Waals surface area contributed by atoms with Gasteiger partial charge in [-0.3, -0.25) is 4.79 Å². The number of alkyl halides is 3. The second-order valence-electron chi connectivity index (χ2n) is 6.21. The molecule has 1 amide bonds. The zero-order chi connectivity index (χ0) is 20.3. The van der Waals surface area contributed by atoms with Crippen LogP contribution in [0.4, 0.5) is 13.2 Å². The topological polar surface area (TPSA) is 60.9 Å². The Balaban J connectivity index is 1.82. The van der Waals surface area contributed by atoms with E-state index in [-0.39, 0.29) is 11.4 Å². The molecule has 0 atom stereocenters. The average Bonchev–Trinajstić information content (AvgIpc) is 2.69. The molecule has 2 heterocycles. The molecule has 0 fully saturated rings. The molecule has 0 N–H and O–H groups in total. The second kappa shape index (κ2) is 7.95. The summed E-state index contributed by atoms with van der Waals surface area (Å²) in [5.74, 6) is 0.385. The highest BCUT2D eigenvalue weighted by molar-refractivity contribution is 5.96. The molecule has 6 nitrogen and oxygen atoms in total. The largest absolute Gasteiger partial charge is 0.493 e. The number of halogens is 3. The van der Waals surface area contributed by atoms with Gasteiger partial charge < -0.3 is 19.1 Å². The van der Waals surface area contributed by atoms with Gasteiger partial charge in [-0.15, -0.1) is 0 Å². The van der Waals surface area contributed by atoms with Crippen molar-refractivity contribution in [3.63, 3.8) is 0 Å². The number of ether oxygens (including phenoxy) is 3. The van der Waals surface area contributed by atoms with Crippen molar-refractivity contribution in [2.24, 2.45) is 0 Å². The lowest BCUT2D eigenvalue weighted by Gasteiger charge is -2.30. The fourth-order valence-corrected chi connectivity index (χ4v) is 3.05. The lowest BCUT2D eigenvalue weighted by Crippen LogP contribution is -2.36. The highest BCUT2D eigenvalue weighted by Crippen LogP contribution is 2.34. The number of benzene rings is 1. The van der Waals surface area contributed by atoms with Crippen molar-refractivity contribution >= 4 is 5.91 Å². The van der Waals surface area contributed by atoms with Gasteiger partial charge in [0, 0.05) is 19.3 Å². The van der Waals surface area contributed by atoms with Crippen LogP contribution >= 0.6 is 0 Å². The van der Waals surface area contributed by atoms with E-state index in [1.807, 2.05) is 6.07 Å². The SMILES string of the molecule is COc1cc2c(cc1OC)CN(C(=O)c1cccnc1OCC(F)(F)F)CC2. The van der Waals surface area contributed by atoms with E-state index in [0.29, 0.717) is 31.0 Å². The number of carbonyl (C=O) groups is 1. The lowest BCUT2D eigenvalue weighted by atomic mass is 9.98. The summed E-state index contributed by atoms with van der Waals surface area (Å²) in [5, 5.41) is 0. The number of methoxy groups -OCH3 is 2. The minimum atomic E-state index is -4.52. The third-order valence-corrected chi connectivity index (χ3v) is 4.38. The summed E-state index contributed by atoms with van der Waals surface area (Å²) in [5.41, 5.74) is 1.91. The average molecular weight is 396 g/mol. The molecule has 2 aromatic rings. The molecule has 1 aliphatic rings. The number of aromatic nitrogens is 1. The van der Waals surface area contributed by atoms with E-state index >= 15 is 0 Å². The number of fused-ring (bicyclic) bond motifs is 1. The lowest BCUT2D eigenvalue weighted by molar-refractivity contribution is -0.154. The predicted octanol–water partition coefficient (Wildman–Crippen LogP) is 3.24. The van der Waals surface area contributed by atoms with Gasteiger partial charge in [-0.2, -0.15) is 13.2 Å². The summed E-state index contributed by atoms with van der Waals surface area (Å²) in [6.45, 7) is -0.804. The summed E-state index contributed by atoms with van der Waals surface area (Å²) in [7, 11) is 3.07. The Hall–Kier alpha value is -2.97. The first-order valence-corrected chi connectivity index (χ1v) is 8.50. The standard InChI is InChI=1S/C19H19F3N2O4/c1-26-15-8-12-5-7-24(10-13(12)9-16(15)27-2)18(25)14-4-3-6-23-17(14)28-11-19(20,21)22/h3-4,6,8-9H,5,7,10-11H2,1-2H3. The molecule has 1 aliphatic heterocycles. The zero-order valence-corrected chi connectivity index (χ0v) is 15.4. The van der Waals surface area contributed by atoms with Crippen LogP contribution in [0.25, 0.3) is 0 Å². The number of hydrogen-bond acceptors (Lipinski definition) is 5. The minimum Gasteiger partial charge on any atom is -0.493 e. The summed E-state index contributed by atoms with van der Waals surface area (Å²) >= 11 is 0. The molecule has 0 saturated heterocycles. The van der Waals surface area contributed by atoms with Gasteiger partial charge in [0.05, 0.1) is 14.2 Å². The molecule has 0 radical (unpaired) electrons.